The number of carbonyl (C=O) groups excluding carboxylic acids is 10. The van der Waals surface area contributed by atoms with E-state index in [0.29, 0.717) is 6.54 Å². The van der Waals surface area contributed by atoms with E-state index in [2.05, 4.69) is 42.5 Å². The minimum Gasteiger partial charge on any atom is -0.394 e. The van der Waals surface area contributed by atoms with Crippen LogP contribution in [0.5, 0.6) is 0 Å². The summed E-state index contributed by atoms with van der Waals surface area (Å²) in [5.41, 5.74) is -2.86. The minimum atomic E-state index is -2.13. The Morgan fingerprint density at radius 2 is 0.938 bits per heavy atom. The van der Waals surface area contributed by atoms with Crippen molar-refractivity contribution in [2.75, 3.05) is 98.4 Å². The number of hydrogen-bond donors (Lipinski definition) is 19. The Balaban J connectivity index is 1.47. The van der Waals surface area contributed by atoms with Gasteiger partial charge in [-0.2, -0.15) is 0 Å². The van der Waals surface area contributed by atoms with Crippen LogP contribution in [-0.2, 0) is 76.4 Å². The molecule has 0 aromatic carbocycles. The molecule has 3 aliphatic rings. The summed E-state index contributed by atoms with van der Waals surface area (Å²) < 4.78 is 35.1. The average molecular weight is 1400 g/mol. The van der Waals surface area contributed by atoms with E-state index in [4.69, 9.17) is 28.4 Å². The van der Waals surface area contributed by atoms with Crippen LogP contribution in [0, 0.1) is 0 Å². The molecular formula is C60H106N10O27. The number of Topliss-reactive ketones (excluding diaryl/α,β-unsaturated/α-hetero) is 2. The highest BCUT2D eigenvalue weighted by molar-refractivity contribution is 5.96. The molecule has 19 N–H and O–H groups in total. The van der Waals surface area contributed by atoms with E-state index in [0.717, 1.165) is 22.6 Å². The number of hydrogen-bond acceptors (Lipinski definition) is 29. The third kappa shape index (κ3) is 28.1. The molecule has 3 heterocycles. The van der Waals surface area contributed by atoms with Crippen molar-refractivity contribution in [2.45, 2.75) is 222 Å². The van der Waals surface area contributed by atoms with Crippen LogP contribution in [0.1, 0.15) is 119 Å². The summed E-state index contributed by atoms with van der Waals surface area (Å²) >= 11 is 0. The highest BCUT2D eigenvalue weighted by Crippen LogP contribution is 2.34. The number of carbonyl (C=O) groups is 10. The molecule has 97 heavy (non-hydrogen) atoms. The second-order valence-corrected chi connectivity index (χ2v) is 23.9. The third-order valence-electron chi connectivity index (χ3n) is 17.0. The number of amides is 8. The lowest BCUT2D eigenvalue weighted by atomic mass is 9.87. The molecule has 0 aliphatic carbocycles. The molecule has 0 spiro atoms. The zero-order valence-corrected chi connectivity index (χ0v) is 56.1. The van der Waals surface area contributed by atoms with E-state index in [1.54, 1.807) is 34.6 Å². The smallest absolute Gasteiger partial charge is 0.242 e. The predicted octanol–water partition coefficient (Wildman–Crippen LogP) is -8.69. The normalized spacial score (nSPS) is 24.4. The van der Waals surface area contributed by atoms with Crippen LogP contribution in [0.4, 0.5) is 0 Å². The highest BCUT2D eigenvalue weighted by atomic mass is 16.8. The fourth-order valence-electron chi connectivity index (χ4n) is 10.8. The van der Waals surface area contributed by atoms with Crippen molar-refractivity contribution in [3.8, 4) is 0 Å². The average Bonchev–Trinajstić information content (AvgIpc) is 0.791. The standard InChI is InChI=1S/C60H106N10O27/c1-7-12-19-61-42(78)22-64-44(80)24-67-59(8-2,9-3)38(74)29-70(31-49(86)87)47(83)27-66-45(81)25-68-60(10-4,11-5)39(75)28-69(30-48(84)85)46(82)26-65-43(79)23-63-41(77)16-14-13-15-40(76)62-20-21-92-58-56(96-50-18-17-35(73)34(6)93-50)55(52(89)37(33-72)95-58)97-57-54(91)53(90)51(88)36(32-71)94-57/h34-37,48-58,67-68,71-73,84-91H,7-33H2,1-6H3,(H,61,78)(H,62,76)(H,63,77)(H,64,80)(H,65,79)(H,66,81)/t34?,35-,36?,37?,50-,51-,52-,53?,54?,55?,56?,57+,58+/m0/s1. The summed E-state index contributed by atoms with van der Waals surface area (Å²) in [6.07, 6.45) is -20.0. The number of ketones is 2. The van der Waals surface area contributed by atoms with E-state index in [1.807, 2.05) is 6.92 Å². The molecule has 0 aromatic rings. The van der Waals surface area contributed by atoms with Gasteiger partial charge in [0.1, 0.15) is 48.8 Å². The number of nitrogens with zero attached hydrogens (tertiary/aromatic N) is 2. The van der Waals surface area contributed by atoms with Crippen molar-refractivity contribution in [3.05, 3.63) is 0 Å². The summed E-state index contributed by atoms with van der Waals surface area (Å²) in [6, 6.07) is 0. The molecule has 0 radical (unpaired) electrons. The maximum Gasteiger partial charge on any atom is 0.242 e. The monoisotopic (exact) mass is 1400 g/mol. The molecule has 558 valence electrons. The van der Waals surface area contributed by atoms with Crippen LogP contribution >= 0.6 is 0 Å². The summed E-state index contributed by atoms with van der Waals surface area (Å²) in [7, 11) is 0. The Morgan fingerprint density at radius 1 is 0.495 bits per heavy atom. The molecular weight excluding hydrogens is 1290 g/mol. The molecule has 0 bridgehead atoms. The SMILES string of the molecule is CCCCNC(=O)CNC(=O)CNC(CC)(CC)C(=O)CN(CC(O)O)C(=O)CNC(=O)CNC(CC)(CC)C(=O)CN(CC(O)O)C(=O)CNC(=O)CNC(=O)CCCCC(=O)NCCO[C@@H]1OC(CO)[C@H](O)C(O[C@H]2OC(CO)[C@H](O)C(O)C2O)C1O[C@H]1CC[C@H](O)C(C)O1. The van der Waals surface area contributed by atoms with Crippen LogP contribution in [-0.4, -0.2) is 327 Å². The molecule has 0 aromatic heterocycles. The van der Waals surface area contributed by atoms with Gasteiger partial charge in [-0.3, -0.25) is 58.6 Å². The number of ether oxygens (including phenoxy) is 6. The fraction of sp³-hybridized carbons (Fsp3) is 0.833. The lowest BCUT2D eigenvalue weighted by molar-refractivity contribution is -0.380. The molecule has 8 amide bonds. The van der Waals surface area contributed by atoms with Gasteiger partial charge >= 0.3 is 0 Å². The van der Waals surface area contributed by atoms with Crippen LogP contribution in [0.25, 0.3) is 0 Å². The molecule has 7 unspecified atom stereocenters. The fourth-order valence-corrected chi connectivity index (χ4v) is 10.8. The van der Waals surface area contributed by atoms with Crippen molar-refractivity contribution in [1.82, 2.24) is 52.3 Å². The van der Waals surface area contributed by atoms with Crippen molar-refractivity contribution >= 4 is 58.8 Å². The number of aliphatic hydroxyl groups excluding tert-OH is 9. The Labute approximate surface area is 562 Å². The molecule has 13 atom stereocenters. The van der Waals surface area contributed by atoms with Gasteiger partial charge in [-0.15, -0.1) is 0 Å². The molecule has 37 heteroatoms. The van der Waals surface area contributed by atoms with Gasteiger partial charge in [0.25, 0.3) is 0 Å². The molecule has 3 fully saturated rings. The van der Waals surface area contributed by atoms with Crippen molar-refractivity contribution in [1.29, 1.82) is 0 Å². The van der Waals surface area contributed by atoms with Gasteiger partial charge in [0.15, 0.2) is 43.0 Å². The Morgan fingerprint density at radius 3 is 1.41 bits per heavy atom. The lowest BCUT2D eigenvalue weighted by Gasteiger charge is -2.48. The molecule has 0 saturated carbocycles. The highest BCUT2D eigenvalue weighted by Gasteiger charge is 2.53. The van der Waals surface area contributed by atoms with Crippen LogP contribution in [0.2, 0.25) is 0 Å². The van der Waals surface area contributed by atoms with Crippen LogP contribution in [0.3, 0.4) is 0 Å². The maximum absolute atomic E-state index is 13.9. The van der Waals surface area contributed by atoms with Gasteiger partial charge in [-0.25, -0.2) is 0 Å². The van der Waals surface area contributed by atoms with E-state index in [9.17, 15) is 104 Å². The Kier molecular flexibility index (Phi) is 38.6. The molecule has 37 nitrogen and oxygen atoms in total. The third-order valence-corrected chi connectivity index (χ3v) is 17.0. The van der Waals surface area contributed by atoms with Crippen LogP contribution in [0.15, 0.2) is 0 Å². The number of nitrogens with one attached hydrogen (secondary N) is 8. The predicted molar refractivity (Wildman–Crippen MR) is 334 cm³/mol. The first kappa shape index (κ1) is 85.6. The number of unbranched alkanes of at least 4 members (excludes halogenated alkanes) is 2. The summed E-state index contributed by atoms with van der Waals surface area (Å²) in [5.74, 6) is -6.72. The van der Waals surface area contributed by atoms with Crippen molar-refractivity contribution in [3.63, 3.8) is 0 Å². The second-order valence-electron chi connectivity index (χ2n) is 23.9. The van der Waals surface area contributed by atoms with Crippen molar-refractivity contribution in [2.24, 2.45) is 0 Å². The van der Waals surface area contributed by atoms with E-state index in [1.165, 1.54) is 0 Å². The van der Waals surface area contributed by atoms with E-state index in [-0.39, 0.29) is 96.4 Å². The van der Waals surface area contributed by atoms with Gasteiger partial charge in [0.2, 0.25) is 47.3 Å². The second kappa shape index (κ2) is 43.8. The lowest BCUT2D eigenvalue weighted by Crippen LogP contribution is -2.65. The molecule has 3 rings (SSSR count). The first-order chi connectivity index (χ1) is 46.0. The number of aliphatic hydroxyl groups is 11. The summed E-state index contributed by atoms with van der Waals surface area (Å²) in [6.45, 7) is 2.48. The Hall–Kier alpha value is -5.66. The van der Waals surface area contributed by atoms with E-state index < -0.39 is 222 Å². The van der Waals surface area contributed by atoms with Gasteiger partial charge in [-0.1, -0.05) is 41.0 Å². The van der Waals surface area contributed by atoms with Crippen molar-refractivity contribution < 1.29 is 133 Å². The van der Waals surface area contributed by atoms with Gasteiger partial charge in [0.05, 0.1) is 109 Å². The van der Waals surface area contributed by atoms with E-state index >= 15 is 0 Å². The first-order valence-corrected chi connectivity index (χ1v) is 32.9. The quantitative estimate of drug-likeness (QED) is 0.0199. The molecule has 3 aliphatic heterocycles. The van der Waals surface area contributed by atoms with Gasteiger partial charge in [-0.05, 0) is 58.3 Å². The zero-order chi connectivity index (χ0) is 72.6. The van der Waals surface area contributed by atoms with Crippen LogP contribution < -0.4 is 42.5 Å². The number of rotatable bonds is 46. The summed E-state index contributed by atoms with van der Waals surface area (Å²) in [4.78, 5) is 132. The maximum atomic E-state index is 13.9. The topological polar surface area (TPSA) is 551 Å². The minimum absolute atomic E-state index is 0.0462. The molecule has 3 saturated heterocycles. The first-order valence-electron chi connectivity index (χ1n) is 32.9. The zero-order valence-electron chi connectivity index (χ0n) is 56.1. The summed E-state index contributed by atoms with van der Waals surface area (Å²) in [5, 5.41) is 133. The Bertz CT molecular complexity index is 2480. The van der Waals surface area contributed by atoms with Gasteiger partial charge in [0, 0.05) is 32.4 Å². The van der Waals surface area contributed by atoms with Gasteiger partial charge < -0.3 is 126 Å². The largest absolute Gasteiger partial charge is 0.394 e.